The zero-order valence-corrected chi connectivity index (χ0v) is 11.1. The van der Waals surface area contributed by atoms with E-state index in [0.717, 1.165) is 11.3 Å². The highest BCUT2D eigenvalue weighted by atomic mass is 79.9. The molecule has 1 amide bonds. The lowest BCUT2D eigenvalue weighted by Gasteiger charge is -2.12. The summed E-state index contributed by atoms with van der Waals surface area (Å²) < 4.78 is 10.8. The predicted molar refractivity (Wildman–Crippen MR) is 68.1 cm³/mol. The van der Waals surface area contributed by atoms with Crippen molar-refractivity contribution < 1.29 is 14.3 Å². The Morgan fingerprint density at radius 2 is 2.18 bits per heavy atom. The number of nitrogens with one attached hydrogen (secondary N) is 1. The number of rotatable bonds is 3. The van der Waals surface area contributed by atoms with Crippen LogP contribution in [-0.4, -0.2) is 23.9 Å². The van der Waals surface area contributed by atoms with Gasteiger partial charge in [-0.3, -0.25) is 4.79 Å². The molecule has 2 rings (SSSR count). The Hall–Kier alpha value is -0.910. The number of alkyl halides is 1. The highest BCUT2D eigenvalue weighted by Crippen LogP contribution is 2.25. The van der Waals surface area contributed by atoms with Gasteiger partial charge in [-0.25, -0.2) is 0 Å². The Morgan fingerprint density at radius 1 is 1.47 bits per heavy atom. The first kappa shape index (κ1) is 12.5. The summed E-state index contributed by atoms with van der Waals surface area (Å²) in [5.41, 5.74) is 1.67. The number of halogens is 1. The highest BCUT2D eigenvalue weighted by Gasteiger charge is 2.18. The third-order valence-electron chi connectivity index (χ3n) is 2.41. The van der Waals surface area contributed by atoms with Gasteiger partial charge in [0.05, 0.1) is 18.0 Å². The second-order valence-electron chi connectivity index (χ2n) is 3.80. The van der Waals surface area contributed by atoms with Crippen LogP contribution in [0.1, 0.15) is 18.8 Å². The van der Waals surface area contributed by atoms with E-state index in [9.17, 15) is 4.79 Å². The van der Waals surface area contributed by atoms with Crippen LogP contribution in [0.15, 0.2) is 24.3 Å². The first-order valence-electron chi connectivity index (χ1n) is 5.45. The van der Waals surface area contributed by atoms with Crippen molar-refractivity contribution in [3.63, 3.8) is 0 Å². The zero-order chi connectivity index (χ0) is 12.3. The molecule has 1 saturated heterocycles. The molecule has 92 valence electrons. The molecule has 4 nitrogen and oxygen atoms in total. The van der Waals surface area contributed by atoms with Crippen molar-refractivity contribution in [1.82, 2.24) is 0 Å². The van der Waals surface area contributed by atoms with Gasteiger partial charge in [-0.1, -0.05) is 28.1 Å². The molecular formula is C12H14BrNO3. The quantitative estimate of drug-likeness (QED) is 0.872. The minimum atomic E-state index is -0.312. The van der Waals surface area contributed by atoms with Gasteiger partial charge in [0.25, 0.3) is 0 Å². The average molecular weight is 300 g/mol. The second-order valence-corrected chi connectivity index (χ2v) is 5.18. The molecule has 1 aromatic rings. The standard InChI is InChI=1S/C12H14BrNO3/c1-8(13)11(15)14-10-4-2-3-9(7-10)12-16-5-6-17-12/h2-4,7-8,12H,5-6H2,1H3,(H,14,15). The van der Waals surface area contributed by atoms with Crippen molar-refractivity contribution in [1.29, 1.82) is 0 Å². The van der Waals surface area contributed by atoms with Crippen LogP contribution in [0.4, 0.5) is 5.69 Å². The van der Waals surface area contributed by atoms with E-state index >= 15 is 0 Å². The fourth-order valence-electron chi connectivity index (χ4n) is 1.56. The van der Waals surface area contributed by atoms with Crippen molar-refractivity contribution in [3.8, 4) is 0 Å². The van der Waals surface area contributed by atoms with E-state index in [0.29, 0.717) is 13.2 Å². The molecule has 0 spiro atoms. The molecule has 1 N–H and O–H groups in total. The fourth-order valence-corrected chi connectivity index (χ4v) is 1.67. The number of carbonyl (C=O) groups is 1. The number of benzene rings is 1. The lowest BCUT2D eigenvalue weighted by atomic mass is 10.2. The minimum Gasteiger partial charge on any atom is -0.346 e. The van der Waals surface area contributed by atoms with Crippen LogP contribution in [0, 0.1) is 0 Å². The maximum atomic E-state index is 11.5. The van der Waals surface area contributed by atoms with Gasteiger partial charge in [0, 0.05) is 11.3 Å². The number of carbonyl (C=O) groups excluding carboxylic acids is 1. The van der Waals surface area contributed by atoms with Crippen LogP contribution in [-0.2, 0) is 14.3 Å². The molecule has 1 heterocycles. The third-order valence-corrected chi connectivity index (χ3v) is 2.83. The predicted octanol–water partition coefficient (Wildman–Crippen LogP) is 2.45. The van der Waals surface area contributed by atoms with Crippen molar-refractivity contribution in [3.05, 3.63) is 29.8 Å². The molecule has 0 saturated carbocycles. The van der Waals surface area contributed by atoms with Crippen molar-refractivity contribution in [2.45, 2.75) is 18.0 Å². The highest BCUT2D eigenvalue weighted by molar-refractivity contribution is 9.10. The van der Waals surface area contributed by atoms with Crippen molar-refractivity contribution in [2.75, 3.05) is 18.5 Å². The van der Waals surface area contributed by atoms with Gasteiger partial charge in [-0.15, -0.1) is 0 Å². The Balaban J connectivity index is 2.08. The van der Waals surface area contributed by atoms with Crippen molar-refractivity contribution >= 4 is 27.5 Å². The first-order valence-corrected chi connectivity index (χ1v) is 6.36. The van der Waals surface area contributed by atoms with Crippen LogP contribution in [0.3, 0.4) is 0 Å². The summed E-state index contributed by atoms with van der Waals surface area (Å²) in [5.74, 6) is -0.0737. The van der Waals surface area contributed by atoms with Gasteiger partial charge < -0.3 is 14.8 Å². The first-order chi connectivity index (χ1) is 8.16. The van der Waals surface area contributed by atoms with Crippen molar-refractivity contribution in [2.24, 2.45) is 0 Å². The molecule has 1 aliphatic rings. The topological polar surface area (TPSA) is 47.6 Å². The molecule has 1 unspecified atom stereocenters. The summed E-state index contributed by atoms with van der Waals surface area (Å²) in [6.07, 6.45) is -0.312. The maximum Gasteiger partial charge on any atom is 0.237 e. The average Bonchev–Trinajstić information content (AvgIpc) is 2.82. The molecule has 1 atom stereocenters. The van der Waals surface area contributed by atoms with Gasteiger partial charge in [0.1, 0.15) is 0 Å². The van der Waals surface area contributed by atoms with Gasteiger partial charge in [0.2, 0.25) is 5.91 Å². The van der Waals surface area contributed by atoms with Gasteiger partial charge >= 0.3 is 0 Å². The van der Waals surface area contributed by atoms with E-state index in [-0.39, 0.29) is 17.0 Å². The summed E-state index contributed by atoms with van der Waals surface area (Å²) >= 11 is 3.22. The number of ether oxygens (including phenoxy) is 2. The van der Waals surface area contributed by atoms with E-state index in [2.05, 4.69) is 21.2 Å². The van der Waals surface area contributed by atoms with E-state index in [1.165, 1.54) is 0 Å². The fraction of sp³-hybridized carbons (Fsp3) is 0.417. The maximum absolute atomic E-state index is 11.5. The lowest BCUT2D eigenvalue weighted by molar-refractivity contribution is -0.115. The molecule has 0 aliphatic carbocycles. The molecule has 0 bridgehead atoms. The normalized spacial score (nSPS) is 18.0. The number of hydrogen-bond acceptors (Lipinski definition) is 3. The van der Waals surface area contributed by atoms with Crippen LogP contribution >= 0.6 is 15.9 Å². The molecule has 17 heavy (non-hydrogen) atoms. The second kappa shape index (κ2) is 5.62. The summed E-state index contributed by atoms with van der Waals surface area (Å²) in [6, 6.07) is 7.49. The molecule has 0 radical (unpaired) electrons. The zero-order valence-electron chi connectivity index (χ0n) is 9.48. The van der Waals surface area contributed by atoms with Gasteiger partial charge in [-0.05, 0) is 19.1 Å². The largest absolute Gasteiger partial charge is 0.346 e. The summed E-state index contributed by atoms with van der Waals surface area (Å²) in [7, 11) is 0. The van der Waals surface area contributed by atoms with E-state index < -0.39 is 0 Å². The SMILES string of the molecule is CC(Br)C(=O)Nc1cccc(C2OCCO2)c1. The summed E-state index contributed by atoms with van der Waals surface area (Å²) in [6.45, 7) is 3.00. The number of hydrogen-bond donors (Lipinski definition) is 1. The summed E-state index contributed by atoms with van der Waals surface area (Å²) in [5, 5.41) is 2.81. The van der Waals surface area contributed by atoms with Gasteiger partial charge in [-0.2, -0.15) is 0 Å². The number of anilines is 1. The Labute approximate surface area is 108 Å². The van der Waals surface area contributed by atoms with Crippen LogP contribution in [0.5, 0.6) is 0 Å². The lowest BCUT2D eigenvalue weighted by Crippen LogP contribution is -2.20. The van der Waals surface area contributed by atoms with E-state index in [1.54, 1.807) is 6.92 Å². The Kier molecular flexibility index (Phi) is 4.15. The van der Waals surface area contributed by atoms with Crippen LogP contribution in [0.25, 0.3) is 0 Å². The smallest absolute Gasteiger partial charge is 0.237 e. The third kappa shape index (κ3) is 3.28. The molecule has 5 heteroatoms. The molecule has 0 aromatic heterocycles. The Bertz CT molecular complexity index is 402. The van der Waals surface area contributed by atoms with E-state index in [1.807, 2.05) is 24.3 Å². The molecule has 1 aromatic carbocycles. The molecule has 1 aliphatic heterocycles. The molecule has 1 fully saturated rings. The number of amides is 1. The summed E-state index contributed by atoms with van der Waals surface area (Å²) in [4.78, 5) is 11.3. The Morgan fingerprint density at radius 3 is 2.82 bits per heavy atom. The van der Waals surface area contributed by atoms with E-state index in [4.69, 9.17) is 9.47 Å². The minimum absolute atomic E-state index is 0.0737. The van der Waals surface area contributed by atoms with Crippen LogP contribution < -0.4 is 5.32 Å². The molecular weight excluding hydrogens is 286 g/mol. The van der Waals surface area contributed by atoms with Crippen LogP contribution in [0.2, 0.25) is 0 Å². The monoisotopic (exact) mass is 299 g/mol. The van der Waals surface area contributed by atoms with Gasteiger partial charge in [0.15, 0.2) is 6.29 Å².